The van der Waals surface area contributed by atoms with Crippen molar-refractivity contribution in [3.63, 3.8) is 0 Å². The van der Waals surface area contributed by atoms with E-state index in [0.29, 0.717) is 0 Å². The van der Waals surface area contributed by atoms with Gasteiger partial charge in [-0.05, 0) is 42.4 Å². The van der Waals surface area contributed by atoms with Crippen LogP contribution in [0.1, 0.15) is 58.4 Å². The smallest absolute Gasteiger partial charge is 0.282 e. The average Bonchev–Trinajstić information content (AvgIpc) is 2.38. The summed E-state index contributed by atoms with van der Waals surface area (Å²) < 4.78 is 30.8. The van der Waals surface area contributed by atoms with E-state index in [2.05, 4.69) is 20.8 Å². The zero-order chi connectivity index (χ0) is 15.9. The van der Waals surface area contributed by atoms with Crippen LogP contribution in [0, 0.1) is 11.8 Å². The summed E-state index contributed by atoms with van der Waals surface area (Å²) in [7, 11) is -4.07. The molecular weight excluding hydrogens is 284 g/mol. The van der Waals surface area contributed by atoms with Crippen molar-refractivity contribution in [2.75, 3.05) is 0 Å². The third-order valence-electron chi connectivity index (χ3n) is 3.86. The Bertz CT molecular complexity index is 503. The Morgan fingerprint density at radius 2 is 1.52 bits per heavy atom. The van der Waals surface area contributed by atoms with Crippen molar-refractivity contribution >= 4 is 10.1 Å². The Hall–Kier alpha value is -0.870. The maximum Gasteiger partial charge on any atom is 0.294 e. The molecule has 4 heteroatoms. The van der Waals surface area contributed by atoms with E-state index >= 15 is 0 Å². The first kappa shape index (κ1) is 18.2. The normalized spacial score (nSPS) is 13.6. The van der Waals surface area contributed by atoms with E-state index in [4.69, 9.17) is 4.55 Å². The first-order chi connectivity index (χ1) is 9.79. The topological polar surface area (TPSA) is 54.4 Å². The standard InChI is InChI=1S/C17H28O3S/c1-14(2)6-4-7-15(3)8-5-9-16-10-12-17(13-11-16)21(18,19)20/h10-15H,4-9H2,1-3H3,(H,18,19,20)/t15-/m0/s1. The van der Waals surface area contributed by atoms with Crippen molar-refractivity contribution in [1.29, 1.82) is 0 Å². The van der Waals surface area contributed by atoms with E-state index in [0.717, 1.165) is 30.2 Å². The van der Waals surface area contributed by atoms with Gasteiger partial charge in [0.2, 0.25) is 0 Å². The minimum Gasteiger partial charge on any atom is -0.282 e. The second-order valence-electron chi connectivity index (χ2n) is 6.44. The molecule has 0 fully saturated rings. The third kappa shape index (κ3) is 7.63. The Labute approximate surface area is 129 Å². The highest BCUT2D eigenvalue weighted by Crippen LogP contribution is 2.18. The lowest BCUT2D eigenvalue weighted by Gasteiger charge is -2.12. The number of hydrogen-bond acceptors (Lipinski definition) is 2. The number of rotatable bonds is 9. The summed E-state index contributed by atoms with van der Waals surface area (Å²) in [6.45, 7) is 6.84. The molecule has 21 heavy (non-hydrogen) atoms. The molecule has 0 amide bonds. The van der Waals surface area contributed by atoms with Crippen molar-refractivity contribution in [1.82, 2.24) is 0 Å². The van der Waals surface area contributed by atoms with Gasteiger partial charge in [0.1, 0.15) is 0 Å². The zero-order valence-electron chi connectivity index (χ0n) is 13.4. The Morgan fingerprint density at radius 3 is 2.05 bits per heavy atom. The van der Waals surface area contributed by atoms with Crippen LogP contribution in [0.15, 0.2) is 29.2 Å². The van der Waals surface area contributed by atoms with Crippen LogP contribution in [0.25, 0.3) is 0 Å². The lowest BCUT2D eigenvalue weighted by atomic mass is 9.94. The molecule has 0 heterocycles. The van der Waals surface area contributed by atoms with Gasteiger partial charge in [0.05, 0.1) is 4.90 Å². The van der Waals surface area contributed by atoms with Crippen LogP contribution in [0.2, 0.25) is 0 Å². The minimum atomic E-state index is -4.07. The van der Waals surface area contributed by atoms with Gasteiger partial charge >= 0.3 is 0 Å². The summed E-state index contributed by atoms with van der Waals surface area (Å²) in [5.74, 6) is 1.54. The summed E-state index contributed by atoms with van der Waals surface area (Å²) in [6, 6.07) is 6.51. The molecule has 0 aliphatic heterocycles. The van der Waals surface area contributed by atoms with Crippen LogP contribution in [-0.2, 0) is 16.5 Å². The van der Waals surface area contributed by atoms with Crippen molar-refractivity contribution in [2.45, 2.75) is 64.2 Å². The van der Waals surface area contributed by atoms with E-state index < -0.39 is 10.1 Å². The van der Waals surface area contributed by atoms with Crippen molar-refractivity contribution in [3.05, 3.63) is 29.8 Å². The molecule has 0 spiro atoms. The van der Waals surface area contributed by atoms with Crippen molar-refractivity contribution < 1.29 is 13.0 Å². The van der Waals surface area contributed by atoms with Gasteiger partial charge in [-0.2, -0.15) is 8.42 Å². The van der Waals surface area contributed by atoms with Gasteiger partial charge in [-0.15, -0.1) is 0 Å². The molecule has 1 atom stereocenters. The van der Waals surface area contributed by atoms with E-state index in [1.54, 1.807) is 12.1 Å². The first-order valence-corrected chi connectivity index (χ1v) is 9.29. The van der Waals surface area contributed by atoms with E-state index in [-0.39, 0.29) is 4.90 Å². The molecule has 1 N–H and O–H groups in total. The maximum atomic E-state index is 11.0. The van der Waals surface area contributed by atoms with Gasteiger partial charge in [-0.25, -0.2) is 0 Å². The molecule has 0 aliphatic rings. The predicted octanol–water partition coefficient (Wildman–Crippen LogP) is 4.72. The van der Waals surface area contributed by atoms with Gasteiger partial charge in [-0.3, -0.25) is 4.55 Å². The Kier molecular flexibility index (Phi) is 7.40. The molecule has 0 aromatic heterocycles. The lowest BCUT2D eigenvalue weighted by Crippen LogP contribution is -1.99. The maximum absolute atomic E-state index is 11.0. The van der Waals surface area contributed by atoms with Gasteiger partial charge < -0.3 is 0 Å². The number of aryl methyl sites for hydroxylation is 1. The monoisotopic (exact) mass is 312 g/mol. The molecule has 0 aliphatic carbocycles. The van der Waals surface area contributed by atoms with E-state index in [9.17, 15) is 8.42 Å². The Balaban J connectivity index is 2.29. The average molecular weight is 312 g/mol. The summed E-state index contributed by atoms with van der Waals surface area (Å²) in [5.41, 5.74) is 1.12. The van der Waals surface area contributed by atoms with Crippen molar-refractivity contribution in [3.8, 4) is 0 Å². The summed E-state index contributed by atoms with van der Waals surface area (Å²) in [4.78, 5) is -0.0340. The van der Waals surface area contributed by atoms with Gasteiger partial charge in [0.15, 0.2) is 0 Å². The van der Waals surface area contributed by atoms with E-state index in [1.165, 1.54) is 37.8 Å². The summed E-state index contributed by atoms with van der Waals surface area (Å²) in [6.07, 6.45) is 7.19. The molecule has 1 aromatic rings. The fourth-order valence-corrected chi connectivity index (χ4v) is 2.98. The molecular formula is C17H28O3S. The summed E-state index contributed by atoms with van der Waals surface area (Å²) >= 11 is 0. The highest BCUT2D eigenvalue weighted by Gasteiger charge is 2.08. The number of hydrogen-bond donors (Lipinski definition) is 1. The molecule has 120 valence electrons. The van der Waals surface area contributed by atoms with Crippen LogP contribution in [0.5, 0.6) is 0 Å². The number of benzene rings is 1. The van der Waals surface area contributed by atoms with Gasteiger partial charge in [0.25, 0.3) is 10.1 Å². The third-order valence-corrected chi connectivity index (χ3v) is 4.73. The molecule has 0 unspecified atom stereocenters. The SMILES string of the molecule is CC(C)CCC[C@H](C)CCCc1ccc(S(=O)(=O)O)cc1. The first-order valence-electron chi connectivity index (χ1n) is 7.85. The molecule has 3 nitrogen and oxygen atoms in total. The predicted molar refractivity (Wildman–Crippen MR) is 87.0 cm³/mol. The highest BCUT2D eigenvalue weighted by atomic mass is 32.2. The molecule has 1 aromatic carbocycles. The van der Waals surface area contributed by atoms with Crippen LogP contribution in [0.4, 0.5) is 0 Å². The van der Waals surface area contributed by atoms with Crippen LogP contribution in [0.3, 0.4) is 0 Å². The highest BCUT2D eigenvalue weighted by molar-refractivity contribution is 7.85. The molecule has 0 saturated heterocycles. The van der Waals surface area contributed by atoms with Crippen molar-refractivity contribution in [2.24, 2.45) is 11.8 Å². The molecule has 1 rings (SSSR count). The molecule has 0 saturated carbocycles. The Morgan fingerprint density at radius 1 is 0.952 bits per heavy atom. The quantitative estimate of drug-likeness (QED) is 0.671. The zero-order valence-corrected chi connectivity index (χ0v) is 14.2. The second-order valence-corrected chi connectivity index (χ2v) is 7.86. The molecule has 0 radical (unpaired) electrons. The van der Waals surface area contributed by atoms with E-state index in [1.807, 2.05) is 0 Å². The van der Waals surface area contributed by atoms with Gasteiger partial charge in [0, 0.05) is 0 Å². The molecule has 0 bridgehead atoms. The fourth-order valence-electron chi connectivity index (χ4n) is 2.50. The largest absolute Gasteiger partial charge is 0.294 e. The lowest BCUT2D eigenvalue weighted by molar-refractivity contribution is 0.427. The van der Waals surface area contributed by atoms with Gasteiger partial charge in [-0.1, -0.05) is 58.6 Å². The second kappa shape index (κ2) is 8.54. The van der Waals surface area contributed by atoms with Crippen LogP contribution < -0.4 is 0 Å². The fraction of sp³-hybridized carbons (Fsp3) is 0.647. The van der Waals surface area contributed by atoms with Crippen LogP contribution in [-0.4, -0.2) is 13.0 Å². The van der Waals surface area contributed by atoms with Crippen LogP contribution >= 0.6 is 0 Å². The summed E-state index contributed by atoms with van der Waals surface area (Å²) in [5, 5.41) is 0. The minimum absolute atomic E-state index is 0.0340.